The summed E-state index contributed by atoms with van der Waals surface area (Å²) in [6.07, 6.45) is 3.04. The lowest BCUT2D eigenvalue weighted by molar-refractivity contribution is -0.139. The highest BCUT2D eigenvalue weighted by Crippen LogP contribution is 2.37. The third kappa shape index (κ3) is 4.64. The van der Waals surface area contributed by atoms with Crippen LogP contribution in [0.3, 0.4) is 0 Å². The first kappa shape index (κ1) is 18.0. The summed E-state index contributed by atoms with van der Waals surface area (Å²) in [7, 11) is 1.62. The van der Waals surface area contributed by atoms with Crippen molar-refractivity contribution < 1.29 is 23.7 Å². The van der Waals surface area contributed by atoms with Crippen LogP contribution in [0.4, 0.5) is 0 Å². The summed E-state index contributed by atoms with van der Waals surface area (Å²) < 4.78 is 21.2. The van der Waals surface area contributed by atoms with Crippen molar-refractivity contribution in [1.29, 1.82) is 0 Å². The zero-order valence-electron chi connectivity index (χ0n) is 15.1. The fraction of sp³-hybridized carbons (Fsp3) is 0.632. The van der Waals surface area contributed by atoms with Crippen LogP contribution in [0.1, 0.15) is 25.3 Å². The van der Waals surface area contributed by atoms with Gasteiger partial charge in [0, 0.05) is 20.2 Å². The Labute approximate surface area is 149 Å². The molecule has 2 aliphatic heterocycles. The van der Waals surface area contributed by atoms with Crippen molar-refractivity contribution in [3.05, 3.63) is 23.8 Å². The lowest BCUT2D eigenvalue weighted by Crippen LogP contribution is -2.47. The molecule has 1 aromatic carbocycles. The number of piperidine rings is 1. The number of rotatable bonds is 7. The number of carbonyl (C=O) groups excluding carboxylic acids is 1. The summed E-state index contributed by atoms with van der Waals surface area (Å²) in [5, 5.41) is 0. The predicted octanol–water partition coefficient (Wildman–Crippen LogP) is 2.25. The van der Waals surface area contributed by atoms with Gasteiger partial charge in [0.2, 0.25) is 12.7 Å². The van der Waals surface area contributed by atoms with Gasteiger partial charge < -0.3 is 23.8 Å². The molecule has 0 spiro atoms. The second kappa shape index (κ2) is 8.06. The van der Waals surface area contributed by atoms with Crippen LogP contribution in [-0.4, -0.2) is 57.6 Å². The van der Waals surface area contributed by atoms with Crippen LogP contribution in [0, 0.1) is 5.41 Å². The van der Waals surface area contributed by atoms with E-state index in [1.165, 1.54) is 5.56 Å². The third-order valence-electron chi connectivity index (χ3n) is 4.86. The van der Waals surface area contributed by atoms with Crippen molar-refractivity contribution in [3.63, 3.8) is 0 Å². The van der Waals surface area contributed by atoms with E-state index >= 15 is 0 Å². The van der Waals surface area contributed by atoms with E-state index in [2.05, 4.69) is 19.1 Å². The minimum Gasteiger partial charge on any atom is -0.454 e. The molecule has 1 amide bonds. The Hall–Kier alpha value is -1.79. The first-order chi connectivity index (χ1) is 12.1. The van der Waals surface area contributed by atoms with E-state index in [1.807, 2.05) is 11.0 Å². The molecule has 1 fully saturated rings. The van der Waals surface area contributed by atoms with Gasteiger partial charge in [0.25, 0.3) is 0 Å². The average molecular weight is 349 g/mol. The molecule has 6 heteroatoms. The molecule has 1 aromatic rings. The maximum atomic E-state index is 12.4. The monoisotopic (exact) mass is 349 g/mol. The van der Waals surface area contributed by atoms with Crippen molar-refractivity contribution in [3.8, 4) is 11.5 Å². The number of fused-ring (bicyclic) bond motifs is 1. The van der Waals surface area contributed by atoms with Crippen LogP contribution in [0.2, 0.25) is 0 Å². The number of methoxy groups -OCH3 is 1. The van der Waals surface area contributed by atoms with E-state index in [4.69, 9.17) is 18.9 Å². The van der Waals surface area contributed by atoms with Gasteiger partial charge >= 0.3 is 0 Å². The molecule has 0 aliphatic carbocycles. The number of amides is 1. The fourth-order valence-electron chi connectivity index (χ4n) is 3.61. The molecular formula is C19H27NO5. The maximum absolute atomic E-state index is 12.4. The van der Waals surface area contributed by atoms with Crippen LogP contribution in [0.15, 0.2) is 18.2 Å². The normalized spacial score (nSPS) is 22.2. The number of carbonyl (C=O) groups is 1. The Morgan fingerprint density at radius 3 is 2.96 bits per heavy atom. The van der Waals surface area contributed by atoms with Gasteiger partial charge in [-0.3, -0.25) is 4.79 Å². The summed E-state index contributed by atoms with van der Waals surface area (Å²) in [6, 6.07) is 6.12. The van der Waals surface area contributed by atoms with Gasteiger partial charge in [-0.25, -0.2) is 0 Å². The summed E-state index contributed by atoms with van der Waals surface area (Å²) in [4.78, 5) is 14.3. The van der Waals surface area contributed by atoms with Crippen molar-refractivity contribution >= 4 is 5.91 Å². The molecule has 0 saturated carbocycles. The van der Waals surface area contributed by atoms with Crippen molar-refractivity contribution in [2.45, 2.75) is 26.2 Å². The van der Waals surface area contributed by atoms with Gasteiger partial charge in [-0.05, 0) is 42.4 Å². The van der Waals surface area contributed by atoms with E-state index in [1.54, 1.807) is 7.11 Å². The third-order valence-corrected chi connectivity index (χ3v) is 4.86. The highest BCUT2D eigenvalue weighted by Gasteiger charge is 2.33. The number of likely N-dealkylation sites (tertiary alicyclic amines) is 1. The van der Waals surface area contributed by atoms with Gasteiger partial charge in [-0.15, -0.1) is 0 Å². The topological polar surface area (TPSA) is 57.2 Å². The number of hydrogen-bond acceptors (Lipinski definition) is 5. The molecule has 25 heavy (non-hydrogen) atoms. The Balaban J connectivity index is 1.56. The van der Waals surface area contributed by atoms with Crippen molar-refractivity contribution in [2.24, 2.45) is 5.41 Å². The van der Waals surface area contributed by atoms with E-state index in [0.717, 1.165) is 43.9 Å². The van der Waals surface area contributed by atoms with Crippen LogP contribution in [-0.2, 0) is 20.7 Å². The molecule has 1 saturated heterocycles. The molecule has 0 bridgehead atoms. The van der Waals surface area contributed by atoms with E-state index in [0.29, 0.717) is 20.0 Å². The quantitative estimate of drug-likeness (QED) is 0.707. The van der Waals surface area contributed by atoms with Crippen LogP contribution in [0.5, 0.6) is 11.5 Å². The summed E-state index contributed by atoms with van der Waals surface area (Å²) >= 11 is 0. The number of ether oxygens (including phenoxy) is 4. The van der Waals surface area contributed by atoms with Gasteiger partial charge in [0.15, 0.2) is 11.5 Å². The lowest BCUT2D eigenvalue weighted by atomic mass is 9.77. The van der Waals surface area contributed by atoms with Gasteiger partial charge in [-0.2, -0.15) is 0 Å². The fourth-order valence-corrected chi connectivity index (χ4v) is 3.61. The average Bonchev–Trinajstić information content (AvgIpc) is 3.06. The lowest BCUT2D eigenvalue weighted by Gasteiger charge is -2.40. The molecule has 0 N–H and O–H groups in total. The second-order valence-electron chi connectivity index (χ2n) is 7.14. The molecule has 1 atom stereocenters. The van der Waals surface area contributed by atoms with Crippen LogP contribution < -0.4 is 9.47 Å². The molecular weight excluding hydrogens is 322 g/mol. The van der Waals surface area contributed by atoms with Gasteiger partial charge in [-0.1, -0.05) is 13.0 Å². The summed E-state index contributed by atoms with van der Waals surface area (Å²) in [5.41, 5.74) is 1.28. The summed E-state index contributed by atoms with van der Waals surface area (Å²) in [5.74, 6) is 1.69. The maximum Gasteiger partial charge on any atom is 0.248 e. The number of nitrogens with zero attached hydrogens (tertiary/aromatic N) is 1. The van der Waals surface area contributed by atoms with Gasteiger partial charge in [0.1, 0.15) is 6.61 Å². The smallest absolute Gasteiger partial charge is 0.248 e. The standard InChI is InChI=1S/C19H27NO5/c1-19(11-15-4-5-16-17(10-15)25-14-24-16)6-3-7-20(13-19)18(21)12-23-9-8-22-2/h4-5,10H,3,6-9,11-14H2,1-2H3/t19-/m1/s1. The molecule has 138 valence electrons. The highest BCUT2D eigenvalue weighted by atomic mass is 16.7. The van der Waals surface area contributed by atoms with E-state index in [9.17, 15) is 4.79 Å². The largest absolute Gasteiger partial charge is 0.454 e. The molecule has 0 unspecified atom stereocenters. The van der Waals surface area contributed by atoms with Crippen LogP contribution in [0.25, 0.3) is 0 Å². The second-order valence-corrected chi connectivity index (χ2v) is 7.14. The van der Waals surface area contributed by atoms with Gasteiger partial charge in [0.05, 0.1) is 13.2 Å². The predicted molar refractivity (Wildman–Crippen MR) is 92.9 cm³/mol. The van der Waals surface area contributed by atoms with E-state index < -0.39 is 0 Å². The Bertz CT molecular complexity index is 605. The highest BCUT2D eigenvalue weighted by molar-refractivity contribution is 5.77. The molecule has 2 heterocycles. The zero-order valence-corrected chi connectivity index (χ0v) is 15.1. The Morgan fingerprint density at radius 1 is 1.28 bits per heavy atom. The van der Waals surface area contributed by atoms with Crippen molar-refractivity contribution in [2.75, 3.05) is 46.8 Å². The first-order valence-electron chi connectivity index (χ1n) is 8.83. The minimum atomic E-state index is 0.0627. The molecule has 0 aromatic heterocycles. The van der Waals surface area contributed by atoms with Crippen molar-refractivity contribution in [1.82, 2.24) is 4.90 Å². The SMILES string of the molecule is COCCOCC(=O)N1CCC[C@](C)(Cc2ccc3c(c2)OCO3)C1. The minimum absolute atomic E-state index is 0.0627. The van der Waals surface area contributed by atoms with E-state index in [-0.39, 0.29) is 17.9 Å². The molecule has 2 aliphatic rings. The Morgan fingerprint density at radius 2 is 2.12 bits per heavy atom. The number of hydrogen-bond donors (Lipinski definition) is 0. The zero-order chi connectivity index (χ0) is 17.7. The Kier molecular flexibility index (Phi) is 5.81. The first-order valence-corrected chi connectivity index (χ1v) is 8.83. The number of benzene rings is 1. The molecule has 0 radical (unpaired) electrons. The molecule has 3 rings (SSSR count). The van der Waals surface area contributed by atoms with Crippen LogP contribution >= 0.6 is 0 Å². The molecule has 6 nitrogen and oxygen atoms in total. The summed E-state index contributed by atoms with van der Waals surface area (Å²) in [6.45, 7) is 5.20.